The van der Waals surface area contributed by atoms with Crippen LogP contribution in [0, 0.1) is 0 Å². The van der Waals surface area contributed by atoms with Crippen LogP contribution in [0.5, 0.6) is 0 Å². The molecule has 0 saturated heterocycles. The summed E-state index contributed by atoms with van der Waals surface area (Å²) in [5.74, 6) is 0.483. The number of halogens is 2. The molecule has 0 saturated carbocycles. The number of thiophene rings is 1. The average Bonchev–Trinajstić information content (AvgIpc) is 3.24. The lowest BCUT2D eigenvalue weighted by atomic mass is 10.2. The first-order valence-corrected chi connectivity index (χ1v) is 10.6. The molecule has 0 amide bonds. The topological polar surface area (TPSA) is 101 Å². The molecular formula is C16H12Cl2N4O3S2. The summed E-state index contributed by atoms with van der Waals surface area (Å²) in [6.45, 7) is 0. The number of anilines is 2. The molecule has 0 spiro atoms. The van der Waals surface area contributed by atoms with Crippen molar-refractivity contribution < 1.29 is 12.8 Å². The summed E-state index contributed by atoms with van der Waals surface area (Å²) in [6.07, 6.45) is 2.66. The van der Waals surface area contributed by atoms with Gasteiger partial charge in [0.25, 0.3) is 10.0 Å². The number of benzene rings is 1. The Morgan fingerprint density at radius 1 is 1.22 bits per heavy atom. The molecule has 2 aromatic heterocycles. The third-order valence-electron chi connectivity index (χ3n) is 3.90. The second-order valence-electron chi connectivity index (χ2n) is 5.62. The van der Waals surface area contributed by atoms with Crippen molar-refractivity contribution in [3.05, 3.63) is 57.6 Å². The number of nitrogens with zero attached hydrogens (tertiary/aromatic N) is 2. The first kappa shape index (κ1) is 18.3. The predicted octanol–water partition coefficient (Wildman–Crippen LogP) is 4.59. The Labute approximate surface area is 169 Å². The normalized spacial score (nSPS) is 16.4. The van der Waals surface area contributed by atoms with Gasteiger partial charge in [0.15, 0.2) is 0 Å². The number of hydrogen-bond acceptors (Lipinski definition) is 7. The van der Waals surface area contributed by atoms with Crippen molar-refractivity contribution in [2.24, 2.45) is 10.7 Å². The monoisotopic (exact) mass is 442 g/mol. The molecule has 27 heavy (non-hydrogen) atoms. The number of aliphatic imine (C=N–C) groups is 1. The zero-order chi connectivity index (χ0) is 19.2. The SMILES string of the molecule is NC1c2ccoc2N=CN1c1ccc(NS(=O)(=O)c2cc(Cl)c(Cl)s2)cc1. The maximum absolute atomic E-state index is 12.4. The summed E-state index contributed by atoms with van der Waals surface area (Å²) in [5, 5.41) is 0.203. The predicted molar refractivity (Wildman–Crippen MR) is 108 cm³/mol. The van der Waals surface area contributed by atoms with E-state index in [0.717, 1.165) is 22.6 Å². The molecule has 11 heteroatoms. The maximum atomic E-state index is 12.4. The lowest BCUT2D eigenvalue weighted by Gasteiger charge is -2.29. The minimum Gasteiger partial charge on any atom is -0.446 e. The van der Waals surface area contributed by atoms with E-state index in [0.29, 0.717) is 11.6 Å². The van der Waals surface area contributed by atoms with E-state index in [2.05, 4.69) is 9.71 Å². The van der Waals surface area contributed by atoms with Crippen LogP contribution in [0.3, 0.4) is 0 Å². The van der Waals surface area contributed by atoms with E-state index < -0.39 is 16.2 Å². The van der Waals surface area contributed by atoms with E-state index in [1.54, 1.807) is 41.6 Å². The Balaban J connectivity index is 1.54. The van der Waals surface area contributed by atoms with Gasteiger partial charge in [-0.1, -0.05) is 23.2 Å². The number of nitrogens with two attached hydrogens (primary N) is 1. The van der Waals surface area contributed by atoms with Crippen LogP contribution >= 0.6 is 34.5 Å². The molecule has 3 aromatic rings. The quantitative estimate of drug-likeness (QED) is 0.615. The Morgan fingerprint density at radius 3 is 2.63 bits per heavy atom. The van der Waals surface area contributed by atoms with E-state index in [1.807, 2.05) is 0 Å². The van der Waals surface area contributed by atoms with Crippen LogP contribution in [0.4, 0.5) is 17.3 Å². The van der Waals surface area contributed by atoms with Crippen molar-refractivity contribution in [3.63, 3.8) is 0 Å². The van der Waals surface area contributed by atoms with Crippen molar-refractivity contribution in [2.75, 3.05) is 9.62 Å². The number of sulfonamides is 1. The fourth-order valence-corrected chi connectivity index (χ4v) is 5.51. The minimum absolute atomic E-state index is 0.0410. The summed E-state index contributed by atoms with van der Waals surface area (Å²) in [5.41, 5.74) is 8.16. The smallest absolute Gasteiger partial charge is 0.271 e. The van der Waals surface area contributed by atoms with Crippen molar-refractivity contribution >= 4 is 68.2 Å². The van der Waals surface area contributed by atoms with Gasteiger partial charge in [-0.15, -0.1) is 11.3 Å². The van der Waals surface area contributed by atoms with E-state index in [9.17, 15) is 8.42 Å². The molecule has 1 atom stereocenters. The third kappa shape index (κ3) is 3.44. The van der Waals surface area contributed by atoms with E-state index in [4.69, 9.17) is 33.4 Å². The van der Waals surface area contributed by atoms with Crippen LogP contribution in [-0.4, -0.2) is 14.8 Å². The lowest BCUT2D eigenvalue weighted by Crippen LogP contribution is -2.35. The average molecular weight is 443 g/mol. The van der Waals surface area contributed by atoms with E-state index in [1.165, 1.54) is 12.3 Å². The number of rotatable bonds is 4. The third-order valence-corrected chi connectivity index (χ3v) is 7.62. The molecule has 3 N–H and O–H groups in total. The van der Waals surface area contributed by atoms with Gasteiger partial charge in [0.1, 0.15) is 21.0 Å². The molecule has 1 aliphatic rings. The number of furan rings is 1. The largest absolute Gasteiger partial charge is 0.446 e. The highest BCUT2D eigenvalue weighted by molar-refractivity contribution is 7.94. The second kappa shape index (κ2) is 6.84. The number of nitrogens with one attached hydrogen (secondary N) is 1. The van der Waals surface area contributed by atoms with Crippen molar-refractivity contribution in [3.8, 4) is 0 Å². The van der Waals surface area contributed by atoms with E-state index >= 15 is 0 Å². The molecule has 3 heterocycles. The second-order valence-corrected chi connectivity index (χ2v) is 9.59. The van der Waals surface area contributed by atoms with Gasteiger partial charge in [0, 0.05) is 11.4 Å². The van der Waals surface area contributed by atoms with Crippen molar-refractivity contribution in [2.45, 2.75) is 10.4 Å². The first-order chi connectivity index (χ1) is 12.8. The summed E-state index contributed by atoms with van der Waals surface area (Å²) in [7, 11) is -3.77. The highest BCUT2D eigenvalue weighted by atomic mass is 35.5. The minimum atomic E-state index is -3.77. The Kier molecular flexibility index (Phi) is 4.65. The molecule has 140 valence electrons. The van der Waals surface area contributed by atoms with Crippen LogP contribution in [0.25, 0.3) is 0 Å². The van der Waals surface area contributed by atoms with Gasteiger partial charge in [-0.05, 0) is 36.4 Å². The van der Waals surface area contributed by atoms with Crippen molar-refractivity contribution in [1.29, 1.82) is 0 Å². The maximum Gasteiger partial charge on any atom is 0.271 e. The molecule has 0 bridgehead atoms. The zero-order valence-electron chi connectivity index (χ0n) is 13.5. The summed E-state index contributed by atoms with van der Waals surface area (Å²) >= 11 is 12.6. The lowest BCUT2D eigenvalue weighted by molar-refractivity contribution is 0.567. The van der Waals surface area contributed by atoms with Crippen LogP contribution in [0.1, 0.15) is 11.7 Å². The Morgan fingerprint density at radius 2 is 1.96 bits per heavy atom. The van der Waals surface area contributed by atoms with Gasteiger partial charge < -0.3 is 15.1 Å². The van der Waals surface area contributed by atoms with Gasteiger partial charge in [-0.2, -0.15) is 0 Å². The first-order valence-electron chi connectivity index (χ1n) is 7.58. The molecule has 4 rings (SSSR count). The number of hydrogen-bond donors (Lipinski definition) is 2. The molecule has 0 fully saturated rings. The van der Waals surface area contributed by atoms with Crippen LogP contribution in [0.2, 0.25) is 9.36 Å². The Hall–Kier alpha value is -2.04. The van der Waals surface area contributed by atoms with Crippen LogP contribution in [0.15, 0.2) is 56.3 Å². The summed E-state index contributed by atoms with van der Waals surface area (Å²) in [6, 6.07) is 9.83. The molecule has 1 aromatic carbocycles. The summed E-state index contributed by atoms with van der Waals surface area (Å²) in [4.78, 5) is 5.97. The van der Waals surface area contributed by atoms with Gasteiger partial charge in [0.05, 0.1) is 16.8 Å². The molecule has 0 radical (unpaired) electrons. The molecule has 7 nitrogen and oxygen atoms in total. The Bertz CT molecular complexity index is 1100. The van der Waals surface area contributed by atoms with Crippen molar-refractivity contribution in [1.82, 2.24) is 0 Å². The zero-order valence-corrected chi connectivity index (χ0v) is 16.6. The fourth-order valence-electron chi connectivity index (χ4n) is 2.57. The van der Waals surface area contributed by atoms with Gasteiger partial charge in [-0.25, -0.2) is 13.4 Å². The molecule has 0 aliphatic carbocycles. The highest BCUT2D eigenvalue weighted by Crippen LogP contribution is 2.36. The molecule has 1 aliphatic heterocycles. The summed E-state index contributed by atoms with van der Waals surface area (Å²) < 4.78 is 32.9. The molecule has 1 unspecified atom stereocenters. The van der Waals surface area contributed by atoms with Gasteiger partial charge >= 0.3 is 0 Å². The standard InChI is InChI=1S/C16H12Cl2N4O3S2/c17-12-7-13(26-14(12)18)27(23,24)21-9-1-3-10(4-2-9)22-8-20-16-11(15(22)19)5-6-25-16/h1-8,15,21H,19H2. The van der Waals surface area contributed by atoms with Gasteiger partial charge in [0.2, 0.25) is 5.88 Å². The van der Waals surface area contributed by atoms with E-state index in [-0.39, 0.29) is 13.6 Å². The highest BCUT2D eigenvalue weighted by Gasteiger charge is 2.25. The van der Waals surface area contributed by atoms with Gasteiger partial charge in [-0.3, -0.25) is 4.72 Å². The van der Waals surface area contributed by atoms with Crippen LogP contribution in [-0.2, 0) is 10.0 Å². The van der Waals surface area contributed by atoms with Crippen LogP contribution < -0.4 is 15.4 Å². The molecular weight excluding hydrogens is 431 g/mol. The number of fused-ring (bicyclic) bond motifs is 1. The fraction of sp³-hybridized carbons (Fsp3) is 0.0625.